The van der Waals surface area contributed by atoms with Crippen LogP contribution in [0.25, 0.3) is 0 Å². The lowest BCUT2D eigenvalue weighted by molar-refractivity contribution is -0.387. The van der Waals surface area contributed by atoms with Gasteiger partial charge in [-0.3, -0.25) is 14.9 Å². The second kappa shape index (κ2) is 7.77. The lowest BCUT2D eigenvalue weighted by Gasteiger charge is -2.15. The number of hydrogen-bond donors (Lipinski definition) is 1. The van der Waals surface area contributed by atoms with Gasteiger partial charge in [0.05, 0.1) is 4.92 Å². The molecule has 0 saturated carbocycles. The van der Waals surface area contributed by atoms with E-state index in [9.17, 15) is 28.9 Å². The molecule has 0 aliphatic heterocycles. The number of nitro groups is 1. The van der Waals surface area contributed by atoms with Crippen LogP contribution in [-0.2, 0) is 9.53 Å². The van der Waals surface area contributed by atoms with E-state index < -0.39 is 40.0 Å². The Kier molecular flexibility index (Phi) is 5.69. The standard InChI is InChI=1S/C17H15FN2O7/c1-8-6-14(21)26-9(2)15(8)17(23)27-10(3)16(22)19-11-4-5-12(18)13(7-11)20(24)25/h4-7,10H,1-3H3,(H,19,22)/t10-/m1/s1. The monoisotopic (exact) mass is 378 g/mol. The average molecular weight is 378 g/mol. The average Bonchev–Trinajstić information content (AvgIpc) is 2.55. The maximum Gasteiger partial charge on any atom is 0.342 e. The highest BCUT2D eigenvalue weighted by Gasteiger charge is 2.24. The Hall–Kier alpha value is -3.56. The Balaban J connectivity index is 2.12. The van der Waals surface area contributed by atoms with Crippen LogP contribution in [0, 0.1) is 29.8 Å². The molecular weight excluding hydrogens is 363 g/mol. The van der Waals surface area contributed by atoms with E-state index in [1.165, 1.54) is 20.8 Å². The van der Waals surface area contributed by atoms with Crippen molar-refractivity contribution in [1.29, 1.82) is 0 Å². The van der Waals surface area contributed by atoms with Crippen LogP contribution in [0.1, 0.15) is 28.6 Å². The molecule has 0 saturated heterocycles. The number of carbonyl (C=O) groups excluding carboxylic acids is 2. The third-order valence-corrected chi connectivity index (χ3v) is 3.60. The Morgan fingerprint density at radius 1 is 1.30 bits per heavy atom. The van der Waals surface area contributed by atoms with E-state index in [0.717, 1.165) is 24.3 Å². The van der Waals surface area contributed by atoms with Crippen molar-refractivity contribution in [2.24, 2.45) is 0 Å². The van der Waals surface area contributed by atoms with Gasteiger partial charge in [0.25, 0.3) is 5.91 Å². The van der Waals surface area contributed by atoms with Crippen LogP contribution in [0.5, 0.6) is 0 Å². The van der Waals surface area contributed by atoms with E-state index in [1.54, 1.807) is 0 Å². The molecule has 0 spiro atoms. The predicted octanol–water partition coefficient (Wildman–Crippen LogP) is 2.49. The van der Waals surface area contributed by atoms with E-state index in [-0.39, 0.29) is 17.0 Å². The molecule has 0 aliphatic rings. The SMILES string of the molecule is Cc1cc(=O)oc(C)c1C(=O)O[C@H](C)C(=O)Nc1ccc(F)c([N+](=O)[O-])c1. The van der Waals surface area contributed by atoms with Crippen molar-refractivity contribution in [1.82, 2.24) is 0 Å². The molecule has 1 heterocycles. The first-order valence-electron chi connectivity index (χ1n) is 7.67. The number of ether oxygens (including phenoxy) is 1. The highest BCUT2D eigenvalue weighted by molar-refractivity contribution is 5.98. The Morgan fingerprint density at radius 3 is 2.56 bits per heavy atom. The molecule has 2 aromatic rings. The number of rotatable bonds is 5. The molecule has 1 aromatic heterocycles. The van der Waals surface area contributed by atoms with Gasteiger partial charge < -0.3 is 14.5 Å². The van der Waals surface area contributed by atoms with E-state index in [4.69, 9.17) is 9.15 Å². The van der Waals surface area contributed by atoms with Crippen molar-refractivity contribution >= 4 is 23.3 Å². The first kappa shape index (κ1) is 19.8. The summed E-state index contributed by atoms with van der Waals surface area (Å²) < 4.78 is 23.2. The molecule has 10 heteroatoms. The summed E-state index contributed by atoms with van der Waals surface area (Å²) in [6.07, 6.45) is -1.27. The largest absolute Gasteiger partial charge is 0.449 e. The molecule has 1 N–H and O–H groups in total. The molecule has 0 fully saturated rings. The summed E-state index contributed by atoms with van der Waals surface area (Å²) in [4.78, 5) is 45.5. The van der Waals surface area contributed by atoms with Crippen LogP contribution in [0.3, 0.4) is 0 Å². The summed E-state index contributed by atoms with van der Waals surface area (Å²) in [6, 6.07) is 3.94. The number of amides is 1. The first-order valence-corrected chi connectivity index (χ1v) is 7.67. The molecule has 27 heavy (non-hydrogen) atoms. The lowest BCUT2D eigenvalue weighted by Crippen LogP contribution is -2.30. The van der Waals surface area contributed by atoms with Gasteiger partial charge in [0.1, 0.15) is 11.3 Å². The van der Waals surface area contributed by atoms with Crippen molar-refractivity contribution in [3.05, 3.63) is 67.5 Å². The summed E-state index contributed by atoms with van der Waals surface area (Å²) in [5, 5.41) is 13.0. The van der Waals surface area contributed by atoms with Crippen LogP contribution < -0.4 is 10.9 Å². The number of halogens is 1. The van der Waals surface area contributed by atoms with Crippen LogP contribution in [0.2, 0.25) is 0 Å². The number of aryl methyl sites for hydroxylation is 2. The second-order valence-corrected chi connectivity index (χ2v) is 5.64. The maximum absolute atomic E-state index is 13.3. The topological polar surface area (TPSA) is 129 Å². The van der Waals surface area contributed by atoms with Crippen molar-refractivity contribution in [3.8, 4) is 0 Å². The van der Waals surface area contributed by atoms with Crippen molar-refractivity contribution in [3.63, 3.8) is 0 Å². The summed E-state index contributed by atoms with van der Waals surface area (Å²) in [5.74, 6) is -2.65. The highest BCUT2D eigenvalue weighted by atomic mass is 19.1. The zero-order chi connectivity index (χ0) is 20.3. The van der Waals surface area contributed by atoms with Gasteiger partial charge in [0.2, 0.25) is 5.82 Å². The van der Waals surface area contributed by atoms with E-state index in [2.05, 4.69) is 5.32 Å². The molecule has 9 nitrogen and oxygen atoms in total. The van der Waals surface area contributed by atoms with E-state index in [1.807, 2.05) is 0 Å². The third-order valence-electron chi connectivity index (χ3n) is 3.60. The number of hydrogen-bond acceptors (Lipinski definition) is 7. The van der Waals surface area contributed by atoms with Gasteiger partial charge in [-0.15, -0.1) is 0 Å². The number of benzene rings is 1. The number of esters is 1. The van der Waals surface area contributed by atoms with E-state index >= 15 is 0 Å². The molecular formula is C17H15FN2O7. The minimum Gasteiger partial charge on any atom is -0.449 e. The predicted molar refractivity (Wildman–Crippen MR) is 91.0 cm³/mol. The van der Waals surface area contributed by atoms with Gasteiger partial charge in [-0.2, -0.15) is 4.39 Å². The lowest BCUT2D eigenvalue weighted by atomic mass is 10.1. The number of anilines is 1. The fourth-order valence-corrected chi connectivity index (χ4v) is 2.31. The van der Waals surface area contributed by atoms with Crippen LogP contribution in [-0.4, -0.2) is 22.9 Å². The van der Waals surface area contributed by atoms with Crippen molar-refractivity contribution in [2.75, 3.05) is 5.32 Å². The molecule has 2 rings (SSSR count). The Bertz CT molecular complexity index is 957. The summed E-state index contributed by atoms with van der Waals surface area (Å²) in [6.45, 7) is 4.21. The summed E-state index contributed by atoms with van der Waals surface area (Å²) in [5.41, 5.74) is -1.11. The molecule has 0 bridgehead atoms. The minimum absolute atomic E-state index is 0.0201. The summed E-state index contributed by atoms with van der Waals surface area (Å²) in [7, 11) is 0. The molecule has 1 atom stereocenters. The first-order chi connectivity index (χ1) is 12.6. The van der Waals surface area contributed by atoms with Crippen molar-refractivity contribution < 1.29 is 28.1 Å². The normalized spacial score (nSPS) is 11.6. The third kappa shape index (κ3) is 4.54. The van der Waals surface area contributed by atoms with Crippen LogP contribution in [0.15, 0.2) is 33.5 Å². The number of nitrogens with zero attached hydrogens (tertiary/aromatic N) is 1. The molecule has 0 aliphatic carbocycles. The van der Waals surface area contributed by atoms with Gasteiger partial charge in [-0.25, -0.2) is 9.59 Å². The molecule has 1 aromatic carbocycles. The number of nitro benzene ring substituents is 1. The van der Waals surface area contributed by atoms with Crippen LogP contribution in [0.4, 0.5) is 15.8 Å². The van der Waals surface area contributed by atoms with Gasteiger partial charge in [-0.05, 0) is 38.5 Å². The van der Waals surface area contributed by atoms with Gasteiger partial charge in [0.15, 0.2) is 6.10 Å². The second-order valence-electron chi connectivity index (χ2n) is 5.64. The Morgan fingerprint density at radius 2 is 1.96 bits per heavy atom. The van der Waals surface area contributed by atoms with Gasteiger partial charge in [0, 0.05) is 17.8 Å². The van der Waals surface area contributed by atoms with Gasteiger partial charge >= 0.3 is 17.3 Å². The molecule has 1 amide bonds. The van der Waals surface area contributed by atoms with Crippen molar-refractivity contribution in [2.45, 2.75) is 26.9 Å². The van der Waals surface area contributed by atoms with Gasteiger partial charge in [-0.1, -0.05) is 0 Å². The fraction of sp³-hybridized carbons (Fsp3) is 0.235. The Labute approximate surface area is 151 Å². The molecule has 0 radical (unpaired) electrons. The number of carbonyl (C=O) groups is 2. The summed E-state index contributed by atoms with van der Waals surface area (Å²) >= 11 is 0. The fourth-order valence-electron chi connectivity index (χ4n) is 2.31. The minimum atomic E-state index is -1.27. The molecule has 0 unspecified atom stereocenters. The highest BCUT2D eigenvalue weighted by Crippen LogP contribution is 2.22. The van der Waals surface area contributed by atoms with E-state index in [0.29, 0.717) is 5.56 Å². The zero-order valence-electron chi connectivity index (χ0n) is 14.6. The zero-order valence-corrected chi connectivity index (χ0v) is 14.6. The van der Waals surface area contributed by atoms with Crippen LogP contribution >= 0.6 is 0 Å². The number of nitrogens with one attached hydrogen (secondary N) is 1. The smallest absolute Gasteiger partial charge is 0.342 e. The molecule has 142 valence electrons. The quantitative estimate of drug-likeness (QED) is 0.481. The maximum atomic E-state index is 13.3.